The lowest BCUT2D eigenvalue weighted by Gasteiger charge is -2.46. The highest BCUT2D eigenvalue weighted by atomic mass is 15.2. The Balaban J connectivity index is 1.02. The van der Waals surface area contributed by atoms with E-state index in [0.717, 1.165) is 145 Å². The minimum Gasteiger partial charge on any atom is -0.310 e. The number of aromatic nitrogens is 2. The smallest absolute Gasteiger partial charge is 0.252 e. The van der Waals surface area contributed by atoms with E-state index in [1.807, 2.05) is 12.1 Å². The van der Waals surface area contributed by atoms with Crippen LogP contribution in [0.5, 0.6) is 0 Å². The number of benzene rings is 15. The summed E-state index contributed by atoms with van der Waals surface area (Å²) >= 11 is 0. The Labute approximate surface area is 599 Å². The van der Waals surface area contributed by atoms with Crippen LogP contribution < -0.4 is 26.2 Å². The number of hydrogen-bond acceptors (Lipinski definition) is 4. The highest BCUT2D eigenvalue weighted by Gasteiger charge is 2.46. The Bertz CT molecular complexity index is 6110. The largest absolute Gasteiger partial charge is 0.310 e. The molecule has 2 aliphatic rings. The first kappa shape index (κ1) is 60.7. The number of nitrogens with zero attached hydrogens (tertiary/aromatic N) is 6. The Morgan fingerprint density at radius 3 is 0.971 bits per heavy atom. The fourth-order valence-electron chi connectivity index (χ4n) is 16.7. The van der Waals surface area contributed by atoms with Crippen molar-refractivity contribution in [2.45, 2.75) is 26.2 Å². The predicted octanol–water partition coefficient (Wildman–Crippen LogP) is 23.0. The first-order chi connectivity index (χ1) is 50.7. The third-order valence-corrected chi connectivity index (χ3v) is 21.3. The lowest BCUT2D eigenvalue weighted by molar-refractivity contribution is 0.591. The van der Waals surface area contributed by atoms with E-state index >= 15 is 0 Å². The average molecular weight is 1310 g/mol. The van der Waals surface area contributed by atoms with Gasteiger partial charge in [-0.1, -0.05) is 263 Å². The van der Waals surface area contributed by atoms with Crippen LogP contribution in [0.25, 0.3) is 122 Å². The third-order valence-electron chi connectivity index (χ3n) is 21.3. The Morgan fingerprint density at radius 2 is 0.621 bits per heavy atom. The minimum absolute atomic E-state index is 0.232. The van der Waals surface area contributed by atoms with Crippen LogP contribution >= 0.6 is 0 Å². The van der Waals surface area contributed by atoms with E-state index in [0.29, 0.717) is 16.7 Å². The molecule has 0 atom stereocenters. The summed E-state index contributed by atoms with van der Waals surface area (Å²) in [5.41, 5.74) is 29.8. The molecule has 0 unspecified atom stereocenters. The molecule has 103 heavy (non-hydrogen) atoms. The van der Waals surface area contributed by atoms with Crippen LogP contribution in [0.15, 0.2) is 340 Å². The molecule has 0 spiro atoms. The van der Waals surface area contributed by atoms with Crippen molar-refractivity contribution >= 4 is 101 Å². The van der Waals surface area contributed by atoms with Gasteiger partial charge in [0.2, 0.25) is 0 Å². The number of nitriles is 2. The molecule has 0 amide bonds. The highest BCUT2D eigenvalue weighted by Crippen LogP contribution is 2.56. The molecular weight excluding hydrogens is 1250 g/mol. The van der Waals surface area contributed by atoms with Gasteiger partial charge < -0.3 is 18.9 Å². The van der Waals surface area contributed by atoms with E-state index < -0.39 is 0 Å². The van der Waals surface area contributed by atoms with Gasteiger partial charge in [-0.05, 0) is 163 Å². The Hall–Kier alpha value is -13.5. The number of para-hydroxylation sites is 4. The molecule has 0 fully saturated rings. The third kappa shape index (κ3) is 9.77. The summed E-state index contributed by atoms with van der Waals surface area (Å²) in [6.07, 6.45) is 0. The van der Waals surface area contributed by atoms with Crippen molar-refractivity contribution in [3.63, 3.8) is 0 Å². The Kier molecular flexibility index (Phi) is 14.2. The Morgan fingerprint density at radius 1 is 0.291 bits per heavy atom. The van der Waals surface area contributed by atoms with Gasteiger partial charge in [0, 0.05) is 83.5 Å². The van der Waals surface area contributed by atoms with E-state index in [9.17, 15) is 10.5 Å². The molecule has 0 saturated heterocycles. The number of fused-ring (bicyclic) bond motifs is 10. The topological polar surface area (TPSA) is 63.9 Å². The van der Waals surface area contributed by atoms with E-state index in [-0.39, 0.29) is 12.1 Å². The molecule has 2 aromatic heterocycles. The van der Waals surface area contributed by atoms with E-state index in [1.165, 1.54) is 27.1 Å². The quantitative estimate of drug-likeness (QED) is 0.128. The second-order valence-corrected chi connectivity index (χ2v) is 28.1. The number of hydrogen-bond donors (Lipinski definition) is 0. The van der Waals surface area contributed by atoms with Gasteiger partial charge in [-0.2, -0.15) is 10.5 Å². The molecule has 7 heteroatoms. The summed E-state index contributed by atoms with van der Waals surface area (Å²) in [6, 6.07) is 129. The van der Waals surface area contributed by atoms with Crippen molar-refractivity contribution in [3.05, 3.63) is 356 Å². The SMILES string of the molecule is CC(C)(C)c1cc(-c2ccccc2)c(N2c3cc(-n4c5ccccc5c5ccccc54)ccc3B3c4ccc(-n5c6ccccc6c6ccccc65)cc4N(c4c(-c5ccccc5)cc(-c5c(C#N)cccc5C#N)cc4-c4ccccc4)c4cc(-c5ccccc5)cc2c43)c(-c2ccccc2)c1. The molecule has 19 rings (SSSR count). The van der Waals surface area contributed by atoms with Crippen molar-refractivity contribution in [3.8, 4) is 90.3 Å². The van der Waals surface area contributed by atoms with E-state index in [2.05, 4.69) is 373 Å². The van der Waals surface area contributed by atoms with E-state index in [4.69, 9.17) is 0 Å². The van der Waals surface area contributed by atoms with Crippen molar-refractivity contribution in [2.24, 2.45) is 0 Å². The summed E-state index contributed by atoms with van der Waals surface area (Å²) in [5.74, 6) is 0. The average Bonchev–Trinajstić information content (AvgIpc) is 1.25. The minimum atomic E-state index is -0.332. The van der Waals surface area contributed by atoms with Gasteiger partial charge in [0.05, 0.1) is 56.7 Å². The van der Waals surface area contributed by atoms with Crippen LogP contribution in [0.1, 0.15) is 37.5 Å². The molecule has 0 radical (unpaired) electrons. The zero-order valence-electron chi connectivity index (χ0n) is 57.1. The summed E-state index contributed by atoms with van der Waals surface area (Å²) in [7, 11) is 0. The summed E-state index contributed by atoms with van der Waals surface area (Å²) in [5, 5.41) is 26.8. The maximum Gasteiger partial charge on any atom is 0.252 e. The second kappa shape index (κ2) is 24.2. The fraction of sp³-hybridized carbons (Fsp3) is 0.0417. The van der Waals surface area contributed by atoms with Gasteiger partial charge >= 0.3 is 0 Å². The van der Waals surface area contributed by atoms with Crippen LogP contribution in [-0.4, -0.2) is 15.8 Å². The normalized spacial score (nSPS) is 12.3. The zero-order chi connectivity index (χ0) is 69.0. The lowest BCUT2D eigenvalue weighted by Crippen LogP contribution is -2.61. The summed E-state index contributed by atoms with van der Waals surface area (Å²) in [6.45, 7) is 6.65. The molecule has 17 aromatic rings. The molecule has 0 bridgehead atoms. The van der Waals surface area contributed by atoms with Gasteiger partial charge in [0.15, 0.2) is 0 Å². The molecule has 482 valence electrons. The van der Waals surface area contributed by atoms with Crippen LogP contribution in [0.2, 0.25) is 0 Å². The van der Waals surface area contributed by atoms with Crippen LogP contribution in [0.3, 0.4) is 0 Å². The summed E-state index contributed by atoms with van der Waals surface area (Å²) in [4.78, 5) is 5.25. The monoisotopic (exact) mass is 1310 g/mol. The molecule has 0 saturated carbocycles. The lowest BCUT2D eigenvalue weighted by atomic mass is 9.33. The standard InChI is InChI=1S/C96H65BN6/c1-96(2,3)71-56-80(65-34-15-7-16-35-65)95(81(57-71)66-36-17-8-18-37-66)103-89-59-73(101-86-46-25-21-42-76(86)77-43-22-26-47-87(77)101)49-51-83(89)97-82-50-48-72(100-84-44-23-19-40-74(84)75-41-20-24-45-85(75)100)58-88(82)102(90-54-69(55-91(103)93(90)97)62-28-9-4-10-29-62)94-78(63-30-11-5-12-31-63)52-70(53-79(94)64-32-13-6-14-33-64)92-67(60-98)38-27-39-68(92)61-99/h4-59H,1-3H3. The molecule has 2 aliphatic heterocycles. The fourth-order valence-corrected chi connectivity index (χ4v) is 16.7. The molecular formula is C96H65BN6. The molecule has 0 N–H and O–H groups in total. The molecule has 6 nitrogen and oxygen atoms in total. The second-order valence-electron chi connectivity index (χ2n) is 28.1. The van der Waals surface area contributed by atoms with Crippen molar-refractivity contribution in [1.82, 2.24) is 9.13 Å². The first-order valence-electron chi connectivity index (χ1n) is 35.3. The van der Waals surface area contributed by atoms with Crippen LogP contribution in [-0.2, 0) is 5.41 Å². The van der Waals surface area contributed by atoms with E-state index in [1.54, 1.807) is 6.07 Å². The van der Waals surface area contributed by atoms with Gasteiger partial charge in [-0.3, -0.25) is 0 Å². The van der Waals surface area contributed by atoms with Gasteiger partial charge in [0.1, 0.15) is 0 Å². The summed E-state index contributed by atoms with van der Waals surface area (Å²) < 4.78 is 4.91. The number of anilines is 6. The van der Waals surface area contributed by atoms with Crippen LogP contribution in [0.4, 0.5) is 34.1 Å². The van der Waals surface area contributed by atoms with Crippen molar-refractivity contribution < 1.29 is 0 Å². The van der Waals surface area contributed by atoms with Gasteiger partial charge in [0.25, 0.3) is 6.71 Å². The van der Waals surface area contributed by atoms with Gasteiger partial charge in [-0.25, -0.2) is 0 Å². The van der Waals surface area contributed by atoms with Gasteiger partial charge in [-0.15, -0.1) is 0 Å². The maximum absolute atomic E-state index is 11.0. The molecule has 4 heterocycles. The molecule has 0 aliphatic carbocycles. The maximum atomic E-state index is 11.0. The number of rotatable bonds is 10. The molecule has 15 aromatic carbocycles. The first-order valence-corrected chi connectivity index (χ1v) is 35.3. The van der Waals surface area contributed by atoms with Crippen LogP contribution in [0, 0.1) is 22.7 Å². The van der Waals surface area contributed by atoms with Crippen molar-refractivity contribution in [1.29, 1.82) is 10.5 Å². The zero-order valence-corrected chi connectivity index (χ0v) is 57.1. The predicted molar refractivity (Wildman–Crippen MR) is 430 cm³/mol. The van der Waals surface area contributed by atoms with Crippen molar-refractivity contribution in [2.75, 3.05) is 9.80 Å². The highest BCUT2D eigenvalue weighted by molar-refractivity contribution is 7.00.